The van der Waals surface area contributed by atoms with Crippen molar-refractivity contribution in [2.24, 2.45) is 0 Å². The summed E-state index contributed by atoms with van der Waals surface area (Å²) >= 11 is 0. The van der Waals surface area contributed by atoms with Gasteiger partial charge in [0.05, 0.1) is 6.10 Å². The van der Waals surface area contributed by atoms with Crippen molar-refractivity contribution in [3.05, 3.63) is 71.8 Å². The van der Waals surface area contributed by atoms with E-state index >= 15 is 0 Å². The lowest BCUT2D eigenvalue weighted by Crippen LogP contribution is -2.12. The van der Waals surface area contributed by atoms with Gasteiger partial charge in [0.2, 0.25) is 0 Å². The molecule has 0 aliphatic rings. The van der Waals surface area contributed by atoms with Gasteiger partial charge in [0.15, 0.2) is 0 Å². The number of hydrogen-bond acceptors (Lipinski definition) is 1. The molecule has 0 saturated heterocycles. The maximum absolute atomic E-state index is 13.1. The molecule has 0 amide bonds. The molecule has 0 radical (unpaired) electrons. The SMILES string of the molecule is C=C/C=C\C=C(/C)C(O)Cc1ccc(C(C)(F)F)cc1. The Labute approximate surface area is 119 Å². The highest BCUT2D eigenvalue weighted by Gasteiger charge is 2.23. The van der Waals surface area contributed by atoms with Crippen molar-refractivity contribution in [2.45, 2.75) is 32.3 Å². The van der Waals surface area contributed by atoms with Crippen LogP contribution in [-0.4, -0.2) is 11.2 Å². The molecular formula is C17H20F2O. The monoisotopic (exact) mass is 278 g/mol. The second-order valence-corrected chi connectivity index (χ2v) is 4.84. The van der Waals surface area contributed by atoms with Crippen LogP contribution in [-0.2, 0) is 12.3 Å². The molecule has 1 aromatic rings. The molecule has 0 aromatic heterocycles. The van der Waals surface area contributed by atoms with E-state index in [-0.39, 0.29) is 5.56 Å². The molecule has 0 aliphatic heterocycles. The Morgan fingerprint density at radius 1 is 1.30 bits per heavy atom. The summed E-state index contributed by atoms with van der Waals surface area (Å²) in [6, 6.07) is 6.06. The largest absolute Gasteiger partial charge is 0.388 e. The van der Waals surface area contributed by atoms with Crippen molar-refractivity contribution in [1.82, 2.24) is 0 Å². The Morgan fingerprint density at radius 3 is 2.40 bits per heavy atom. The molecule has 20 heavy (non-hydrogen) atoms. The molecular weight excluding hydrogens is 258 g/mol. The quantitative estimate of drug-likeness (QED) is 0.765. The molecule has 1 N–H and O–H groups in total. The highest BCUT2D eigenvalue weighted by atomic mass is 19.3. The maximum Gasteiger partial charge on any atom is 0.270 e. The fourth-order valence-electron chi connectivity index (χ4n) is 1.71. The van der Waals surface area contributed by atoms with Crippen molar-refractivity contribution in [3.63, 3.8) is 0 Å². The van der Waals surface area contributed by atoms with Gasteiger partial charge in [-0.3, -0.25) is 0 Å². The van der Waals surface area contributed by atoms with Gasteiger partial charge in [-0.05, 0) is 18.1 Å². The van der Waals surface area contributed by atoms with Gasteiger partial charge in [0.25, 0.3) is 5.92 Å². The Hall–Kier alpha value is -1.74. The highest BCUT2D eigenvalue weighted by Crippen LogP contribution is 2.27. The van der Waals surface area contributed by atoms with Crippen LogP contribution in [0.15, 0.2) is 60.7 Å². The second kappa shape index (κ2) is 7.15. The van der Waals surface area contributed by atoms with Crippen LogP contribution < -0.4 is 0 Å². The first-order valence-electron chi connectivity index (χ1n) is 6.45. The molecule has 0 aliphatic carbocycles. The molecule has 1 unspecified atom stereocenters. The van der Waals surface area contributed by atoms with E-state index in [1.54, 1.807) is 36.4 Å². The van der Waals surface area contributed by atoms with Crippen LogP contribution in [0.1, 0.15) is 25.0 Å². The van der Waals surface area contributed by atoms with E-state index in [9.17, 15) is 13.9 Å². The first-order chi connectivity index (χ1) is 9.34. The average molecular weight is 278 g/mol. The van der Waals surface area contributed by atoms with Crippen molar-refractivity contribution >= 4 is 0 Å². The normalized spacial score (nSPS) is 14.6. The zero-order valence-corrected chi connectivity index (χ0v) is 11.8. The van der Waals surface area contributed by atoms with Gasteiger partial charge in [0, 0.05) is 18.9 Å². The lowest BCUT2D eigenvalue weighted by atomic mass is 10.00. The minimum atomic E-state index is -2.83. The van der Waals surface area contributed by atoms with Crippen LogP contribution in [0.4, 0.5) is 8.78 Å². The van der Waals surface area contributed by atoms with Crippen LogP contribution in [0.2, 0.25) is 0 Å². The third-order valence-electron chi connectivity index (χ3n) is 3.02. The first kappa shape index (κ1) is 16.3. The standard InChI is InChI=1S/C17H20F2O/c1-4-5-6-7-13(2)16(20)12-14-8-10-15(11-9-14)17(3,18)19/h4-11,16,20H,1,12H2,2-3H3/b6-5-,13-7+. The number of aliphatic hydroxyl groups excluding tert-OH is 1. The van der Waals surface area contributed by atoms with Gasteiger partial charge < -0.3 is 5.11 Å². The summed E-state index contributed by atoms with van der Waals surface area (Å²) in [6.45, 7) is 6.26. The van der Waals surface area contributed by atoms with E-state index < -0.39 is 12.0 Å². The molecule has 108 valence electrons. The predicted molar refractivity (Wildman–Crippen MR) is 78.8 cm³/mol. The Bertz CT molecular complexity index is 493. The van der Waals surface area contributed by atoms with E-state index in [0.29, 0.717) is 6.42 Å². The highest BCUT2D eigenvalue weighted by molar-refractivity contribution is 5.27. The number of alkyl halides is 2. The van der Waals surface area contributed by atoms with Crippen molar-refractivity contribution in [3.8, 4) is 0 Å². The van der Waals surface area contributed by atoms with Crippen LogP contribution >= 0.6 is 0 Å². The summed E-state index contributed by atoms with van der Waals surface area (Å²) in [5.41, 5.74) is 1.62. The molecule has 1 rings (SSSR count). The summed E-state index contributed by atoms with van der Waals surface area (Å²) in [4.78, 5) is 0. The van der Waals surface area contributed by atoms with Crippen LogP contribution in [0.3, 0.4) is 0 Å². The number of aliphatic hydroxyl groups is 1. The van der Waals surface area contributed by atoms with E-state index in [1.165, 1.54) is 12.1 Å². The zero-order valence-electron chi connectivity index (χ0n) is 11.8. The van der Waals surface area contributed by atoms with E-state index in [0.717, 1.165) is 18.1 Å². The van der Waals surface area contributed by atoms with Crippen LogP contribution in [0.5, 0.6) is 0 Å². The number of allylic oxidation sites excluding steroid dienone is 4. The lowest BCUT2D eigenvalue weighted by molar-refractivity contribution is 0.0174. The third-order valence-corrected chi connectivity index (χ3v) is 3.02. The lowest BCUT2D eigenvalue weighted by Gasteiger charge is -2.13. The van der Waals surface area contributed by atoms with Crippen LogP contribution in [0.25, 0.3) is 0 Å². The van der Waals surface area contributed by atoms with Crippen LogP contribution in [0, 0.1) is 0 Å². The molecule has 1 nitrogen and oxygen atoms in total. The number of hydrogen-bond donors (Lipinski definition) is 1. The minimum absolute atomic E-state index is 0.0167. The second-order valence-electron chi connectivity index (χ2n) is 4.84. The summed E-state index contributed by atoms with van der Waals surface area (Å²) in [5, 5.41) is 10.0. The van der Waals surface area contributed by atoms with Crippen molar-refractivity contribution in [1.29, 1.82) is 0 Å². The molecule has 0 spiro atoms. The summed E-state index contributed by atoms with van der Waals surface area (Å²) in [7, 11) is 0. The van der Waals surface area contributed by atoms with Gasteiger partial charge in [-0.25, -0.2) is 8.78 Å². The number of halogens is 2. The Kier molecular flexibility index (Phi) is 5.83. The van der Waals surface area contributed by atoms with Gasteiger partial charge in [0.1, 0.15) is 0 Å². The molecule has 3 heteroatoms. The van der Waals surface area contributed by atoms with Gasteiger partial charge >= 0.3 is 0 Å². The Balaban J connectivity index is 2.71. The fourth-order valence-corrected chi connectivity index (χ4v) is 1.71. The Morgan fingerprint density at radius 2 is 1.90 bits per heavy atom. The van der Waals surface area contributed by atoms with Crippen molar-refractivity contribution in [2.75, 3.05) is 0 Å². The molecule has 1 aromatic carbocycles. The number of benzene rings is 1. The maximum atomic E-state index is 13.1. The van der Waals surface area contributed by atoms with E-state index in [2.05, 4.69) is 6.58 Å². The minimum Gasteiger partial charge on any atom is -0.388 e. The van der Waals surface area contributed by atoms with Crippen molar-refractivity contribution < 1.29 is 13.9 Å². The molecule has 0 heterocycles. The van der Waals surface area contributed by atoms with Gasteiger partial charge in [-0.2, -0.15) is 0 Å². The smallest absolute Gasteiger partial charge is 0.270 e. The fraction of sp³-hybridized carbons (Fsp3) is 0.294. The average Bonchev–Trinajstić information content (AvgIpc) is 2.38. The summed E-state index contributed by atoms with van der Waals surface area (Å²) in [5.74, 6) is -2.83. The molecule has 1 atom stereocenters. The third kappa shape index (κ3) is 5.10. The van der Waals surface area contributed by atoms with Gasteiger partial charge in [-0.1, -0.05) is 55.1 Å². The number of rotatable bonds is 6. The molecule has 0 fully saturated rings. The van der Waals surface area contributed by atoms with E-state index in [1.807, 2.05) is 6.92 Å². The van der Waals surface area contributed by atoms with E-state index in [4.69, 9.17) is 0 Å². The zero-order chi connectivity index (χ0) is 15.2. The topological polar surface area (TPSA) is 20.2 Å². The summed E-state index contributed by atoms with van der Waals surface area (Å²) in [6.07, 6.45) is 6.80. The summed E-state index contributed by atoms with van der Waals surface area (Å²) < 4.78 is 26.2. The first-order valence-corrected chi connectivity index (χ1v) is 6.45. The van der Waals surface area contributed by atoms with Gasteiger partial charge in [-0.15, -0.1) is 0 Å². The predicted octanol–water partition coefficient (Wildman–Crippen LogP) is 4.39. The molecule has 0 bridgehead atoms. The molecule has 0 saturated carbocycles.